The van der Waals surface area contributed by atoms with Gasteiger partial charge in [-0.05, 0) is 66.1 Å². The number of carbonyl (C=O) groups is 3. The van der Waals surface area contributed by atoms with Crippen molar-refractivity contribution in [3.63, 3.8) is 0 Å². The molecule has 6 rings (SSSR count). The Labute approximate surface area is 261 Å². The third-order valence-corrected chi connectivity index (χ3v) is 8.80. The molecule has 2 fully saturated rings. The van der Waals surface area contributed by atoms with Crippen LogP contribution >= 0.6 is 11.6 Å². The van der Waals surface area contributed by atoms with Crippen molar-refractivity contribution in [2.45, 2.75) is 31.1 Å². The van der Waals surface area contributed by atoms with Gasteiger partial charge in [-0.2, -0.15) is 13.2 Å². The van der Waals surface area contributed by atoms with Crippen LogP contribution in [-0.4, -0.2) is 28.4 Å². The number of ether oxygens (including phenoxy) is 1. The number of hydrogen-bond acceptors (Lipinski definition) is 5. The largest absolute Gasteiger partial charge is 0.480 e. The third kappa shape index (κ3) is 5.44. The molecule has 4 unspecified atom stereocenters. The van der Waals surface area contributed by atoms with Gasteiger partial charge in [-0.3, -0.25) is 19.7 Å². The van der Waals surface area contributed by atoms with Crippen molar-refractivity contribution in [1.82, 2.24) is 5.32 Å². The fourth-order valence-corrected chi connectivity index (χ4v) is 6.44. The average Bonchev–Trinajstić information content (AvgIpc) is 3.48. The molecule has 0 spiro atoms. The van der Waals surface area contributed by atoms with Gasteiger partial charge in [-0.25, -0.2) is 4.90 Å². The smallest absolute Gasteiger partial charge is 0.416 e. The van der Waals surface area contributed by atoms with Crippen LogP contribution < -0.4 is 15.0 Å². The summed E-state index contributed by atoms with van der Waals surface area (Å²) in [4.78, 5) is 42.5. The van der Waals surface area contributed by atoms with E-state index < -0.39 is 52.9 Å². The molecule has 0 radical (unpaired) electrons. The van der Waals surface area contributed by atoms with E-state index in [2.05, 4.69) is 5.32 Å². The Hall–Kier alpha value is -4.67. The second-order valence-electron chi connectivity index (χ2n) is 11.2. The van der Waals surface area contributed by atoms with E-state index in [0.29, 0.717) is 16.1 Å². The number of carboxylic acid groups (broad SMARTS) is 1. The van der Waals surface area contributed by atoms with Crippen molar-refractivity contribution >= 4 is 35.1 Å². The van der Waals surface area contributed by atoms with Gasteiger partial charge in [0.1, 0.15) is 17.0 Å². The third-order valence-electron chi connectivity index (χ3n) is 8.39. The normalized spacial score (nSPS) is 22.9. The number of nitrogens with one attached hydrogen (secondary N) is 1. The zero-order valence-corrected chi connectivity index (χ0v) is 24.5. The number of fused-ring (bicyclic) bond motifs is 1. The van der Waals surface area contributed by atoms with Crippen LogP contribution in [0.1, 0.15) is 28.3 Å². The van der Waals surface area contributed by atoms with Crippen LogP contribution in [0.25, 0.3) is 0 Å². The van der Waals surface area contributed by atoms with Gasteiger partial charge in [0.05, 0.1) is 23.1 Å². The highest BCUT2D eigenvalue weighted by molar-refractivity contribution is 6.32. The van der Waals surface area contributed by atoms with E-state index in [-0.39, 0.29) is 23.6 Å². The van der Waals surface area contributed by atoms with Crippen molar-refractivity contribution in [3.05, 3.63) is 124 Å². The van der Waals surface area contributed by atoms with Crippen molar-refractivity contribution in [1.29, 1.82) is 0 Å². The Balaban J connectivity index is 1.43. The summed E-state index contributed by atoms with van der Waals surface area (Å²) in [5.74, 6) is -4.87. The monoisotopic (exact) mass is 634 g/mol. The van der Waals surface area contributed by atoms with Crippen molar-refractivity contribution < 1.29 is 37.4 Å². The van der Waals surface area contributed by atoms with Crippen molar-refractivity contribution in [3.8, 4) is 11.5 Å². The Morgan fingerprint density at radius 1 is 0.933 bits per heavy atom. The molecule has 2 amide bonds. The van der Waals surface area contributed by atoms with E-state index in [9.17, 15) is 32.7 Å². The summed E-state index contributed by atoms with van der Waals surface area (Å²) < 4.78 is 45.6. The maximum Gasteiger partial charge on any atom is 0.416 e. The minimum atomic E-state index is -4.56. The SMILES string of the molecule is Cc1ccc(N2C(=O)C3C(c4cccc(Oc5cccc(C(F)(F)F)c5)c4)NC(Cc4ccccc4)(C(=O)O)C3C2=O)cc1Cl. The molecule has 2 heterocycles. The number of nitrogens with zero attached hydrogens (tertiary/aromatic N) is 1. The lowest BCUT2D eigenvalue weighted by molar-refractivity contribution is -0.148. The topological polar surface area (TPSA) is 95.9 Å². The molecule has 4 aromatic rings. The average molecular weight is 635 g/mol. The quantitative estimate of drug-likeness (QED) is 0.213. The highest BCUT2D eigenvalue weighted by Crippen LogP contribution is 2.51. The van der Waals surface area contributed by atoms with Gasteiger partial charge in [0.15, 0.2) is 0 Å². The number of benzene rings is 4. The molecule has 4 aromatic carbocycles. The number of aliphatic carboxylic acids is 1. The number of carboxylic acids is 1. The molecule has 230 valence electrons. The van der Waals surface area contributed by atoms with E-state index in [1.165, 1.54) is 30.3 Å². The number of aryl methyl sites for hydroxylation is 1. The summed E-state index contributed by atoms with van der Waals surface area (Å²) >= 11 is 6.33. The van der Waals surface area contributed by atoms with Gasteiger partial charge in [-0.15, -0.1) is 0 Å². The first kappa shape index (κ1) is 30.4. The number of carbonyl (C=O) groups excluding carboxylic acids is 2. The summed E-state index contributed by atoms with van der Waals surface area (Å²) in [6.45, 7) is 1.78. The molecule has 0 bridgehead atoms. The molecule has 11 heteroatoms. The van der Waals surface area contributed by atoms with Crippen LogP contribution in [0.4, 0.5) is 18.9 Å². The number of hydrogen-bond donors (Lipinski definition) is 2. The Bertz CT molecular complexity index is 1820. The van der Waals surface area contributed by atoms with Gasteiger partial charge in [0.25, 0.3) is 0 Å². The number of amides is 2. The van der Waals surface area contributed by atoms with Gasteiger partial charge in [0, 0.05) is 17.5 Å². The molecule has 2 aliphatic rings. The summed E-state index contributed by atoms with van der Waals surface area (Å²) in [5.41, 5.74) is -0.712. The molecule has 2 aliphatic heterocycles. The van der Waals surface area contributed by atoms with Crippen LogP contribution in [0, 0.1) is 18.8 Å². The van der Waals surface area contributed by atoms with Gasteiger partial charge >= 0.3 is 12.1 Å². The van der Waals surface area contributed by atoms with Crippen LogP contribution in [0.5, 0.6) is 11.5 Å². The molecular formula is C34H26ClF3N2O5. The molecule has 45 heavy (non-hydrogen) atoms. The van der Waals surface area contributed by atoms with E-state index >= 15 is 0 Å². The molecular weight excluding hydrogens is 609 g/mol. The molecule has 0 aliphatic carbocycles. The predicted octanol–water partition coefficient (Wildman–Crippen LogP) is 6.98. The van der Waals surface area contributed by atoms with Gasteiger partial charge < -0.3 is 9.84 Å². The summed E-state index contributed by atoms with van der Waals surface area (Å²) in [5, 5.41) is 14.2. The van der Waals surface area contributed by atoms with Gasteiger partial charge in [-0.1, -0.05) is 66.2 Å². The van der Waals surface area contributed by atoms with Crippen LogP contribution in [-0.2, 0) is 27.0 Å². The molecule has 7 nitrogen and oxygen atoms in total. The number of imide groups is 1. The Kier molecular flexibility index (Phi) is 7.66. The fraction of sp³-hybridized carbons (Fsp3) is 0.206. The standard InChI is InChI=1S/C34H26ClF3N2O5/c1-19-13-14-23(17-26(19)35)40-30(41)27-28(31(40)42)33(32(43)44,18-20-7-3-2-4-8-20)39-29(27)21-9-5-11-24(15-21)45-25-12-6-10-22(16-25)34(36,37)38/h2-17,27-29,39H,18H2,1H3,(H,43,44). The zero-order valence-electron chi connectivity index (χ0n) is 23.7. The summed E-state index contributed by atoms with van der Waals surface area (Å²) in [6.07, 6.45) is -4.66. The van der Waals surface area contributed by atoms with Crippen LogP contribution in [0.15, 0.2) is 97.1 Å². The second-order valence-corrected chi connectivity index (χ2v) is 11.6. The number of halogens is 4. The van der Waals surface area contributed by atoms with E-state index in [4.69, 9.17) is 16.3 Å². The second kappa shape index (κ2) is 11.4. The molecule has 0 saturated carbocycles. The van der Waals surface area contributed by atoms with Gasteiger partial charge in [0.2, 0.25) is 11.8 Å². The first-order valence-corrected chi connectivity index (χ1v) is 14.4. The number of anilines is 1. The highest BCUT2D eigenvalue weighted by Gasteiger charge is 2.68. The van der Waals surface area contributed by atoms with Crippen LogP contribution in [0.2, 0.25) is 5.02 Å². The highest BCUT2D eigenvalue weighted by atomic mass is 35.5. The van der Waals surface area contributed by atoms with E-state index in [1.54, 1.807) is 61.5 Å². The van der Waals surface area contributed by atoms with Crippen molar-refractivity contribution in [2.24, 2.45) is 11.8 Å². The van der Waals surface area contributed by atoms with E-state index in [0.717, 1.165) is 22.6 Å². The number of alkyl halides is 3. The van der Waals surface area contributed by atoms with Crippen molar-refractivity contribution in [2.75, 3.05) is 4.90 Å². The maximum absolute atomic E-state index is 14.1. The number of rotatable bonds is 7. The molecule has 2 N–H and O–H groups in total. The summed E-state index contributed by atoms with van der Waals surface area (Å²) in [7, 11) is 0. The molecule has 4 atom stereocenters. The lowest BCUT2D eigenvalue weighted by Crippen LogP contribution is -2.57. The minimum Gasteiger partial charge on any atom is -0.480 e. The van der Waals surface area contributed by atoms with E-state index in [1.807, 2.05) is 0 Å². The minimum absolute atomic E-state index is 0.0576. The summed E-state index contributed by atoms with van der Waals surface area (Å²) in [6, 6.07) is 23.3. The Morgan fingerprint density at radius 3 is 2.29 bits per heavy atom. The zero-order chi connectivity index (χ0) is 32.1. The fourth-order valence-electron chi connectivity index (χ4n) is 6.26. The lowest BCUT2D eigenvalue weighted by atomic mass is 9.76. The maximum atomic E-state index is 14.1. The first-order chi connectivity index (χ1) is 21.4. The van der Waals surface area contributed by atoms with Crippen LogP contribution in [0.3, 0.4) is 0 Å². The predicted molar refractivity (Wildman–Crippen MR) is 160 cm³/mol. The lowest BCUT2D eigenvalue weighted by Gasteiger charge is -2.31. The Morgan fingerprint density at radius 2 is 1.62 bits per heavy atom. The molecule has 2 saturated heterocycles. The molecule has 0 aromatic heterocycles. The first-order valence-electron chi connectivity index (χ1n) is 14.0.